The molecule has 0 aromatic heterocycles. The highest BCUT2D eigenvalue weighted by Gasteiger charge is 2.14. The van der Waals surface area contributed by atoms with Crippen LogP contribution in [0.25, 0.3) is 0 Å². The van der Waals surface area contributed by atoms with Crippen LogP contribution in [0.15, 0.2) is 54.6 Å². The average molecular weight is 370 g/mol. The van der Waals surface area contributed by atoms with Gasteiger partial charge in [-0.2, -0.15) is 0 Å². The van der Waals surface area contributed by atoms with Crippen molar-refractivity contribution in [2.45, 2.75) is 26.3 Å². The minimum absolute atomic E-state index is 0.0154. The second-order valence-corrected chi connectivity index (χ2v) is 7.38. The Hall–Kier alpha value is -2.40. The van der Waals surface area contributed by atoms with Crippen molar-refractivity contribution in [1.82, 2.24) is 10.2 Å². The highest BCUT2D eigenvalue weighted by atomic mass is 32.1. The lowest BCUT2D eigenvalue weighted by Crippen LogP contribution is -2.33. The van der Waals surface area contributed by atoms with Gasteiger partial charge in [-0.25, -0.2) is 0 Å². The number of nitrogens with one attached hydrogen (secondary N) is 2. The smallest absolute Gasteiger partial charge is 0.253 e. The van der Waals surface area contributed by atoms with Crippen molar-refractivity contribution < 1.29 is 4.79 Å². The molecule has 5 heteroatoms. The molecule has 1 amide bonds. The SMILES string of the molecule is CC(C)C[C@H](NC(=S)Nc1ccc(C(=O)N(C)C)cc1)c1ccccc1. The fourth-order valence-electron chi connectivity index (χ4n) is 2.71. The Kier molecular flexibility index (Phi) is 7.16. The number of hydrogen-bond acceptors (Lipinski definition) is 2. The van der Waals surface area contributed by atoms with Crippen molar-refractivity contribution in [2.75, 3.05) is 19.4 Å². The molecule has 2 N–H and O–H groups in total. The molecule has 0 radical (unpaired) electrons. The second kappa shape index (κ2) is 9.34. The Morgan fingerprint density at radius 2 is 1.65 bits per heavy atom. The molecule has 0 spiro atoms. The summed E-state index contributed by atoms with van der Waals surface area (Å²) in [7, 11) is 3.48. The number of rotatable bonds is 6. The molecule has 0 saturated carbocycles. The van der Waals surface area contributed by atoms with Crippen LogP contribution in [0.1, 0.15) is 42.2 Å². The van der Waals surface area contributed by atoms with Crippen LogP contribution in [0.4, 0.5) is 5.69 Å². The van der Waals surface area contributed by atoms with Crippen LogP contribution in [0.5, 0.6) is 0 Å². The lowest BCUT2D eigenvalue weighted by molar-refractivity contribution is 0.0827. The van der Waals surface area contributed by atoms with E-state index in [0.717, 1.165) is 12.1 Å². The van der Waals surface area contributed by atoms with E-state index in [2.05, 4.69) is 36.6 Å². The maximum atomic E-state index is 12.0. The lowest BCUT2D eigenvalue weighted by Gasteiger charge is -2.23. The van der Waals surface area contributed by atoms with Gasteiger partial charge in [0.1, 0.15) is 0 Å². The van der Waals surface area contributed by atoms with Crippen LogP contribution in [-0.4, -0.2) is 30.0 Å². The Morgan fingerprint density at radius 3 is 2.19 bits per heavy atom. The van der Waals surface area contributed by atoms with Gasteiger partial charge in [0.15, 0.2) is 5.11 Å². The topological polar surface area (TPSA) is 44.4 Å². The van der Waals surface area contributed by atoms with E-state index in [1.807, 2.05) is 30.3 Å². The number of carbonyl (C=O) groups is 1. The molecule has 0 saturated heterocycles. The van der Waals surface area contributed by atoms with Gasteiger partial charge in [-0.1, -0.05) is 44.2 Å². The van der Waals surface area contributed by atoms with Crippen LogP contribution >= 0.6 is 12.2 Å². The van der Waals surface area contributed by atoms with Gasteiger partial charge in [-0.15, -0.1) is 0 Å². The fraction of sp³-hybridized carbons (Fsp3) is 0.333. The van der Waals surface area contributed by atoms with Crippen LogP contribution < -0.4 is 10.6 Å². The molecule has 0 aliphatic carbocycles. The molecular formula is C21H27N3OS. The van der Waals surface area contributed by atoms with E-state index < -0.39 is 0 Å². The molecule has 2 aromatic rings. The van der Waals surface area contributed by atoms with E-state index in [-0.39, 0.29) is 11.9 Å². The average Bonchev–Trinajstić information content (AvgIpc) is 2.61. The Morgan fingerprint density at radius 1 is 1.04 bits per heavy atom. The number of carbonyl (C=O) groups excluding carboxylic acids is 1. The molecule has 0 bridgehead atoms. The molecule has 1 atom stereocenters. The first kappa shape index (κ1) is 19.9. The first-order valence-electron chi connectivity index (χ1n) is 8.81. The maximum absolute atomic E-state index is 12.0. The van der Waals surface area contributed by atoms with E-state index in [1.54, 1.807) is 31.1 Å². The highest BCUT2D eigenvalue weighted by Crippen LogP contribution is 2.21. The predicted octanol–water partition coefficient (Wildman–Crippen LogP) is 4.46. The minimum Gasteiger partial charge on any atom is -0.356 e. The molecule has 0 unspecified atom stereocenters. The second-order valence-electron chi connectivity index (χ2n) is 6.97. The van der Waals surface area contributed by atoms with Gasteiger partial charge in [0, 0.05) is 25.3 Å². The summed E-state index contributed by atoms with van der Waals surface area (Å²) in [4.78, 5) is 13.5. The van der Waals surface area contributed by atoms with E-state index in [1.165, 1.54) is 5.56 Å². The monoisotopic (exact) mass is 369 g/mol. The van der Waals surface area contributed by atoms with Crippen LogP contribution in [-0.2, 0) is 0 Å². The number of amides is 1. The largest absolute Gasteiger partial charge is 0.356 e. The first-order chi connectivity index (χ1) is 12.4. The molecule has 0 fully saturated rings. The Balaban J connectivity index is 2.02. The van der Waals surface area contributed by atoms with Gasteiger partial charge in [0.2, 0.25) is 0 Å². The van der Waals surface area contributed by atoms with E-state index in [0.29, 0.717) is 16.6 Å². The van der Waals surface area contributed by atoms with Gasteiger partial charge in [-0.3, -0.25) is 4.79 Å². The predicted molar refractivity (Wildman–Crippen MR) is 112 cm³/mol. The molecule has 2 rings (SSSR count). The molecule has 138 valence electrons. The zero-order valence-electron chi connectivity index (χ0n) is 15.8. The third kappa shape index (κ3) is 5.85. The summed E-state index contributed by atoms with van der Waals surface area (Å²) in [6.45, 7) is 4.41. The van der Waals surface area contributed by atoms with E-state index >= 15 is 0 Å². The number of hydrogen-bond donors (Lipinski definition) is 2. The summed E-state index contributed by atoms with van der Waals surface area (Å²) in [5.74, 6) is 0.533. The van der Waals surface area contributed by atoms with Crippen molar-refractivity contribution in [3.05, 3.63) is 65.7 Å². The summed E-state index contributed by atoms with van der Waals surface area (Å²) in [6, 6.07) is 17.8. The first-order valence-corrected chi connectivity index (χ1v) is 9.22. The van der Waals surface area contributed by atoms with Crippen molar-refractivity contribution in [2.24, 2.45) is 5.92 Å². The lowest BCUT2D eigenvalue weighted by atomic mass is 9.97. The summed E-state index contributed by atoms with van der Waals surface area (Å²) in [6.07, 6.45) is 0.988. The highest BCUT2D eigenvalue weighted by molar-refractivity contribution is 7.80. The van der Waals surface area contributed by atoms with Crippen LogP contribution in [0.2, 0.25) is 0 Å². The molecular weight excluding hydrogens is 342 g/mol. The molecule has 0 aliphatic rings. The number of benzene rings is 2. The molecule has 2 aromatic carbocycles. The molecule has 0 aliphatic heterocycles. The Bertz CT molecular complexity index is 727. The van der Waals surface area contributed by atoms with Crippen molar-refractivity contribution in [3.63, 3.8) is 0 Å². The third-order valence-electron chi connectivity index (χ3n) is 4.01. The van der Waals surface area contributed by atoms with Crippen molar-refractivity contribution in [3.8, 4) is 0 Å². The summed E-state index contributed by atoms with van der Waals surface area (Å²) < 4.78 is 0. The molecule has 4 nitrogen and oxygen atoms in total. The molecule has 0 heterocycles. The van der Waals surface area contributed by atoms with Gasteiger partial charge in [0.05, 0.1) is 6.04 Å². The van der Waals surface area contributed by atoms with Gasteiger partial charge in [-0.05, 0) is 54.4 Å². The molecule has 26 heavy (non-hydrogen) atoms. The number of thiocarbonyl (C=S) groups is 1. The fourth-order valence-corrected chi connectivity index (χ4v) is 2.97. The Labute approximate surface area is 161 Å². The number of nitrogens with zero attached hydrogens (tertiary/aromatic N) is 1. The van der Waals surface area contributed by atoms with Gasteiger partial charge in [0.25, 0.3) is 5.91 Å². The van der Waals surface area contributed by atoms with E-state index in [4.69, 9.17) is 12.2 Å². The quantitative estimate of drug-likeness (QED) is 0.738. The zero-order valence-corrected chi connectivity index (χ0v) is 16.6. The van der Waals surface area contributed by atoms with Crippen molar-refractivity contribution in [1.29, 1.82) is 0 Å². The van der Waals surface area contributed by atoms with Gasteiger partial charge >= 0.3 is 0 Å². The van der Waals surface area contributed by atoms with Crippen LogP contribution in [0, 0.1) is 5.92 Å². The van der Waals surface area contributed by atoms with Crippen molar-refractivity contribution >= 4 is 28.9 Å². The standard InChI is InChI=1S/C21H27N3OS/c1-15(2)14-19(16-8-6-5-7-9-16)23-21(26)22-18-12-10-17(11-13-18)20(25)24(3)4/h5-13,15,19H,14H2,1-4H3,(H2,22,23,26)/t19-/m0/s1. The van der Waals surface area contributed by atoms with Crippen LogP contribution in [0.3, 0.4) is 0 Å². The maximum Gasteiger partial charge on any atom is 0.253 e. The summed E-state index contributed by atoms with van der Waals surface area (Å²) in [5.41, 5.74) is 2.73. The summed E-state index contributed by atoms with van der Waals surface area (Å²) in [5, 5.41) is 7.20. The van der Waals surface area contributed by atoms with E-state index in [9.17, 15) is 4.79 Å². The normalized spacial score (nSPS) is 11.7. The minimum atomic E-state index is -0.0154. The number of anilines is 1. The van der Waals surface area contributed by atoms with Gasteiger partial charge < -0.3 is 15.5 Å². The summed E-state index contributed by atoms with van der Waals surface area (Å²) >= 11 is 5.49. The zero-order chi connectivity index (χ0) is 19.1. The third-order valence-corrected chi connectivity index (χ3v) is 4.23.